The van der Waals surface area contributed by atoms with Crippen LogP contribution in [0.15, 0.2) is 144 Å². The minimum absolute atomic E-state index is 0.186. The Morgan fingerprint density at radius 2 is 1.18 bits per heavy atom. The molecule has 0 unspecified atom stereocenters. The molecule has 0 radical (unpaired) electrons. The van der Waals surface area contributed by atoms with Crippen LogP contribution in [0.1, 0.15) is 19.4 Å². The van der Waals surface area contributed by atoms with Crippen LogP contribution >= 0.6 is 0 Å². The molecule has 0 amide bonds. The first-order valence-corrected chi connectivity index (χ1v) is 16.0. The van der Waals surface area contributed by atoms with Gasteiger partial charge in [0.05, 0.1) is 21.9 Å². The predicted octanol–water partition coefficient (Wildman–Crippen LogP) is 7.57. The molecule has 0 aliphatic carbocycles. The Labute approximate surface area is 258 Å². The number of benzene rings is 5. The van der Waals surface area contributed by atoms with Crippen molar-refractivity contribution < 1.29 is 8.42 Å². The SMILES string of the molecule is CC(C)(N)NS(=O)(=O)c1ccccc1-c1ccc(Cn2c(-c3ccccc3)nc(-c3ccccc3)c2-c2ccccc2)cc1. The predicted molar refractivity (Wildman–Crippen MR) is 178 cm³/mol. The van der Waals surface area contributed by atoms with Crippen LogP contribution in [0.2, 0.25) is 0 Å². The van der Waals surface area contributed by atoms with Gasteiger partial charge >= 0.3 is 0 Å². The maximum atomic E-state index is 13.2. The summed E-state index contributed by atoms with van der Waals surface area (Å²) in [6.07, 6.45) is 0. The lowest BCUT2D eigenvalue weighted by molar-refractivity contribution is 0.470. The van der Waals surface area contributed by atoms with Gasteiger partial charge in [-0.15, -0.1) is 0 Å². The Morgan fingerprint density at radius 3 is 1.77 bits per heavy atom. The first-order valence-electron chi connectivity index (χ1n) is 14.5. The van der Waals surface area contributed by atoms with Gasteiger partial charge < -0.3 is 10.3 Å². The van der Waals surface area contributed by atoms with Gasteiger partial charge in [-0.25, -0.2) is 13.4 Å². The average molecular weight is 599 g/mol. The van der Waals surface area contributed by atoms with E-state index in [2.05, 4.69) is 45.7 Å². The van der Waals surface area contributed by atoms with E-state index in [0.717, 1.165) is 45.0 Å². The second-order valence-corrected chi connectivity index (χ2v) is 13.0. The zero-order chi connectivity index (χ0) is 30.7. The number of hydrogen-bond donors (Lipinski definition) is 2. The van der Waals surface area contributed by atoms with Crippen molar-refractivity contribution in [3.8, 4) is 45.0 Å². The third-order valence-corrected chi connectivity index (χ3v) is 9.00. The highest BCUT2D eigenvalue weighted by Gasteiger charge is 2.25. The molecule has 0 atom stereocenters. The number of hydrogen-bond acceptors (Lipinski definition) is 4. The lowest BCUT2D eigenvalue weighted by Crippen LogP contribution is -2.50. The standard InChI is InChI=1S/C37H34N4O2S/c1-37(2,38)40-44(42,43)33-21-13-12-20-32(33)28-24-22-27(23-25-28)26-41-35(30-16-8-4-9-17-30)34(29-14-6-3-7-15-29)39-36(41)31-18-10-5-11-19-31/h3-25,40H,26,38H2,1-2H3. The number of nitrogens with zero attached hydrogens (tertiary/aromatic N) is 2. The molecule has 0 aliphatic rings. The van der Waals surface area contributed by atoms with E-state index in [-0.39, 0.29) is 4.90 Å². The highest BCUT2D eigenvalue weighted by molar-refractivity contribution is 7.89. The summed E-state index contributed by atoms with van der Waals surface area (Å²) in [6, 6.07) is 45.8. The second-order valence-electron chi connectivity index (χ2n) is 11.3. The largest absolute Gasteiger partial charge is 0.319 e. The molecule has 0 spiro atoms. The van der Waals surface area contributed by atoms with Gasteiger partial charge in [0.2, 0.25) is 10.0 Å². The van der Waals surface area contributed by atoms with E-state index in [1.54, 1.807) is 26.0 Å². The summed E-state index contributed by atoms with van der Waals surface area (Å²) >= 11 is 0. The van der Waals surface area contributed by atoms with E-state index in [4.69, 9.17) is 10.7 Å². The van der Waals surface area contributed by atoms with E-state index in [1.165, 1.54) is 0 Å². The van der Waals surface area contributed by atoms with Crippen LogP contribution in [0.5, 0.6) is 0 Å². The van der Waals surface area contributed by atoms with Crippen LogP contribution in [-0.2, 0) is 16.6 Å². The quantitative estimate of drug-likeness (QED) is 0.168. The van der Waals surface area contributed by atoms with Crippen molar-refractivity contribution in [2.75, 3.05) is 0 Å². The lowest BCUT2D eigenvalue weighted by atomic mass is 10.0. The van der Waals surface area contributed by atoms with Crippen molar-refractivity contribution in [2.45, 2.75) is 31.0 Å². The third kappa shape index (κ3) is 6.26. The Hall–Kier alpha value is -4.82. The normalized spacial score (nSPS) is 11.9. The van der Waals surface area contributed by atoms with Crippen molar-refractivity contribution in [1.82, 2.24) is 14.3 Å². The van der Waals surface area contributed by atoms with E-state index in [0.29, 0.717) is 12.1 Å². The smallest absolute Gasteiger partial charge is 0.242 e. The van der Waals surface area contributed by atoms with Crippen molar-refractivity contribution in [2.24, 2.45) is 5.73 Å². The summed E-state index contributed by atoms with van der Waals surface area (Å²) in [5, 5.41) is 0. The average Bonchev–Trinajstić information content (AvgIpc) is 3.40. The van der Waals surface area contributed by atoms with E-state index in [1.807, 2.05) is 91.0 Å². The van der Waals surface area contributed by atoms with Gasteiger partial charge in [0.25, 0.3) is 0 Å². The van der Waals surface area contributed by atoms with Crippen molar-refractivity contribution in [3.63, 3.8) is 0 Å². The van der Waals surface area contributed by atoms with Gasteiger partial charge in [-0.05, 0) is 31.0 Å². The number of nitrogens with two attached hydrogens (primary N) is 1. The zero-order valence-electron chi connectivity index (χ0n) is 24.7. The number of imidazole rings is 1. The molecule has 6 rings (SSSR count). The van der Waals surface area contributed by atoms with Gasteiger partial charge in [0.1, 0.15) is 5.82 Å². The van der Waals surface area contributed by atoms with E-state index < -0.39 is 15.7 Å². The molecule has 220 valence electrons. The highest BCUT2D eigenvalue weighted by Crippen LogP contribution is 2.37. The molecule has 7 heteroatoms. The van der Waals surface area contributed by atoms with Gasteiger partial charge in [0.15, 0.2) is 0 Å². The molecule has 0 saturated heterocycles. The fourth-order valence-electron chi connectivity index (χ4n) is 5.41. The summed E-state index contributed by atoms with van der Waals surface area (Å²) in [6.45, 7) is 3.81. The molecule has 0 bridgehead atoms. The summed E-state index contributed by atoms with van der Waals surface area (Å²) in [4.78, 5) is 5.42. The number of aromatic nitrogens is 2. The molecule has 5 aromatic carbocycles. The minimum atomic E-state index is -3.84. The maximum Gasteiger partial charge on any atom is 0.242 e. The summed E-state index contributed by atoms with van der Waals surface area (Å²) in [5.41, 5.74) is 12.5. The monoisotopic (exact) mass is 598 g/mol. The zero-order valence-corrected chi connectivity index (χ0v) is 25.5. The van der Waals surface area contributed by atoms with Crippen molar-refractivity contribution >= 4 is 10.0 Å². The highest BCUT2D eigenvalue weighted by atomic mass is 32.2. The lowest BCUT2D eigenvalue weighted by Gasteiger charge is -2.21. The molecular weight excluding hydrogens is 565 g/mol. The number of sulfonamides is 1. The van der Waals surface area contributed by atoms with Crippen LogP contribution in [0.4, 0.5) is 0 Å². The van der Waals surface area contributed by atoms with Crippen LogP contribution in [-0.4, -0.2) is 23.6 Å². The first kappa shape index (κ1) is 29.3. The van der Waals surface area contributed by atoms with Crippen molar-refractivity contribution in [1.29, 1.82) is 0 Å². The van der Waals surface area contributed by atoms with Crippen LogP contribution in [0, 0.1) is 0 Å². The maximum absolute atomic E-state index is 13.2. The van der Waals surface area contributed by atoms with Crippen LogP contribution in [0.25, 0.3) is 45.0 Å². The fraction of sp³-hybridized carbons (Fsp3) is 0.108. The molecule has 3 N–H and O–H groups in total. The number of rotatable bonds is 9. The van der Waals surface area contributed by atoms with Crippen molar-refractivity contribution in [3.05, 3.63) is 145 Å². The molecule has 0 saturated carbocycles. The Bertz CT molecular complexity index is 1980. The van der Waals surface area contributed by atoms with Crippen LogP contribution < -0.4 is 10.5 Å². The molecule has 6 nitrogen and oxygen atoms in total. The van der Waals surface area contributed by atoms with Crippen LogP contribution in [0.3, 0.4) is 0 Å². The van der Waals surface area contributed by atoms with E-state index in [9.17, 15) is 8.42 Å². The summed E-state index contributed by atoms with van der Waals surface area (Å²) in [7, 11) is -3.84. The topological polar surface area (TPSA) is 90.0 Å². The summed E-state index contributed by atoms with van der Waals surface area (Å²) in [5.74, 6) is 0.874. The summed E-state index contributed by atoms with van der Waals surface area (Å²) < 4.78 is 31.3. The molecule has 1 aromatic heterocycles. The Morgan fingerprint density at radius 1 is 0.659 bits per heavy atom. The molecular formula is C37H34N4O2S. The minimum Gasteiger partial charge on any atom is -0.319 e. The third-order valence-electron chi connectivity index (χ3n) is 7.27. The van der Waals surface area contributed by atoms with Gasteiger partial charge in [-0.3, -0.25) is 0 Å². The number of nitrogens with one attached hydrogen (secondary N) is 1. The molecule has 44 heavy (non-hydrogen) atoms. The Kier molecular flexibility index (Phi) is 8.01. The molecule has 0 aliphatic heterocycles. The molecule has 1 heterocycles. The molecule has 6 aromatic rings. The van der Waals surface area contributed by atoms with Gasteiger partial charge in [-0.1, -0.05) is 133 Å². The van der Waals surface area contributed by atoms with E-state index >= 15 is 0 Å². The first-order chi connectivity index (χ1) is 21.2. The van der Waals surface area contributed by atoms with Gasteiger partial charge in [-0.2, -0.15) is 4.72 Å². The molecule has 0 fully saturated rings. The fourth-order valence-corrected chi connectivity index (χ4v) is 6.95. The Balaban J connectivity index is 1.45. The van der Waals surface area contributed by atoms with Gasteiger partial charge in [0, 0.05) is 28.8 Å². The second kappa shape index (κ2) is 12.1.